The number of esters is 1. The molecule has 0 aromatic heterocycles. The molecule has 1 aromatic rings. The van der Waals surface area contributed by atoms with Crippen molar-refractivity contribution in [1.29, 1.82) is 0 Å². The number of likely N-dealkylation sites (tertiary alicyclic amines) is 1. The molecule has 0 bridgehead atoms. The van der Waals surface area contributed by atoms with Gasteiger partial charge in [0.15, 0.2) is 0 Å². The number of carbonyl (C=O) groups excluding carboxylic acids is 6. The standard InChI is InChI=1S/C47H78N6O11/c1-14-32(6)42(52(10)46(58)40(30(2)3)50-45(57)41(31(4)5)51(9)39(55)29-64-26-25-63-24-22-48-8)37(60-11)28-38(54)53-23-18-21-36(53)43(61-12)33(7)44(56)49-35(47(59)62-13)27-34-19-16-15-17-20-34/h15-17,19-20,30-33,35-37,40-43H,8,14,18,21-29H2,1-7,9-13H3,(H,49,56)(H,50,57)/t32?,33-,35?,36+,37-,40+,41+,42+,43-/m1/s1. The van der Waals surface area contributed by atoms with Crippen molar-refractivity contribution >= 4 is 42.2 Å². The molecule has 1 heterocycles. The van der Waals surface area contributed by atoms with Gasteiger partial charge < -0.3 is 49.0 Å². The van der Waals surface area contributed by atoms with E-state index in [-0.39, 0.29) is 62.2 Å². The van der Waals surface area contributed by atoms with Crippen LogP contribution < -0.4 is 10.6 Å². The van der Waals surface area contributed by atoms with Crippen LogP contribution in [0.1, 0.15) is 79.7 Å². The lowest BCUT2D eigenvalue weighted by molar-refractivity contribution is -0.149. The Morgan fingerprint density at radius 1 is 0.859 bits per heavy atom. The summed E-state index contributed by atoms with van der Waals surface area (Å²) in [6, 6.07) is 5.57. The first-order chi connectivity index (χ1) is 30.4. The average molecular weight is 903 g/mol. The normalized spacial score (nSPS) is 17.7. The summed E-state index contributed by atoms with van der Waals surface area (Å²) in [5, 5.41) is 5.81. The first-order valence-corrected chi connectivity index (χ1v) is 22.6. The highest BCUT2D eigenvalue weighted by molar-refractivity contribution is 5.92. The molecule has 2 rings (SSSR count). The van der Waals surface area contributed by atoms with Gasteiger partial charge in [0.2, 0.25) is 29.5 Å². The summed E-state index contributed by atoms with van der Waals surface area (Å²) >= 11 is 0. The van der Waals surface area contributed by atoms with E-state index in [2.05, 4.69) is 22.3 Å². The third-order valence-corrected chi connectivity index (χ3v) is 12.3. The molecule has 0 spiro atoms. The van der Waals surface area contributed by atoms with Gasteiger partial charge >= 0.3 is 5.97 Å². The van der Waals surface area contributed by atoms with Crippen molar-refractivity contribution in [3.8, 4) is 0 Å². The van der Waals surface area contributed by atoms with Crippen LogP contribution in [0.2, 0.25) is 0 Å². The second kappa shape index (κ2) is 28.5. The second-order valence-corrected chi connectivity index (χ2v) is 17.4. The fraction of sp³-hybridized carbons (Fsp3) is 0.723. The summed E-state index contributed by atoms with van der Waals surface area (Å²) in [6.07, 6.45) is 0.736. The van der Waals surface area contributed by atoms with E-state index >= 15 is 0 Å². The minimum atomic E-state index is -0.954. The number of hydrogen-bond donors (Lipinski definition) is 2. The van der Waals surface area contributed by atoms with Gasteiger partial charge in [-0.05, 0) is 42.9 Å². The number of carbonyl (C=O) groups is 6. The number of amides is 5. The molecule has 64 heavy (non-hydrogen) atoms. The quantitative estimate of drug-likeness (QED) is 0.0682. The number of ether oxygens (including phenoxy) is 5. The van der Waals surface area contributed by atoms with Gasteiger partial charge in [-0.3, -0.25) is 29.0 Å². The van der Waals surface area contributed by atoms with Gasteiger partial charge in [-0.15, -0.1) is 0 Å². The number of likely N-dealkylation sites (N-methyl/N-ethyl adjacent to an activating group) is 2. The van der Waals surface area contributed by atoms with Crippen molar-refractivity contribution in [3.63, 3.8) is 0 Å². The van der Waals surface area contributed by atoms with Gasteiger partial charge in [0.25, 0.3) is 0 Å². The van der Waals surface area contributed by atoms with Crippen molar-refractivity contribution in [2.45, 2.75) is 123 Å². The number of nitrogens with one attached hydrogen (secondary N) is 2. The van der Waals surface area contributed by atoms with E-state index in [1.54, 1.807) is 30.8 Å². The van der Waals surface area contributed by atoms with Crippen LogP contribution in [0.5, 0.6) is 0 Å². The van der Waals surface area contributed by atoms with E-state index in [9.17, 15) is 28.8 Å². The third kappa shape index (κ3) is 16.2. The maximum Gasteiger partial charge on any atom is 0.328 e. The number of aliphatic imine (C=N–C) groups is 1. The lowest BCUT2D eigenvalue weighted by Crippen LogP contribution is -2.60. The summed E-state index contributed by atoms with van der Waals surface area (Å²) in [6.45, 7) is 18.0. The summed E-state index contributed by atoms with van der Waals surface area (Å²) in [5.74, 6) is -3.88. The minimum Gasteiger partial charge on any atom is -0.467 e. The maximum absolute atomic E-state index is 14.5. The Morgan fingerprint density at radius 3 is 2.08 bits per heavy atom. The smallest absolute Gasteiger partial charge is 0.328 e. The Bertz CT molecular complexity index is 1630. The fourth-order valence-corrected chi connectivity index (χ4v) is 8.46. The largest absolute Gasteiger partial charge is 0.467 e. The first kappa shape index (κ1) is 55.7. The number of methoxy groups -OCH3 is 3. The molecule has 1 aromatic carbocycles. The van der Waals surface area contributed by atoms with Gasteiger partial charge in [-0.2, -0.15) is 0 Å². The molecule has 362 valence electrons. The van der Waals surface area contributed by atoms with E-state index < -0.39 is 72.0 Å². The molecule has 1 aliphatic rings. The summed E-state index contributed by atoms with van der Waals surface area (Å²) in [5.41, 5.74) is 0.858. The van der Waals surface area contributed by atoms with Gasteiger partial charge in [-0.1, -0.05) is 85.2 Å². The molecule has 0 radical (unpaired) electrons. The van der Waals surface area contributed by atoms with Crippen LogP contribution in [-0.2, 0) is 58.9 Å². The highest BCUT2D eigenvalue weighted by atomic mass is 16.5. The van der Waals surface area contributed by atoms with Crippen molar-refractivity contribution in [2.24, 2.45) is 28.7 Å². The molecule has 17 nitrogen and oxygen atoms in total. The highest BCUT2D eigenvalue weighted by Gasteiger charge is 2.44. The number of hydrogen-bond acceptors (Lipinski definition) is 12. The van der Waals surface area contributed by atoms with Crippen molar-refractivity contribution in [1.82, 2.24) is 25.3 Å². The Balaban J connectivity index is 2.24. The molecule has 1 saturated heterocycles. The number of rotatable bonds is 29. The molecule has 1 fully saturated rings. The average Bonchev–Trinajstić information content (AvgIpc) is 3.76. The van der Waals surface area contributed by atoms with E-state index in [1.165, 1.54) is 26.2 Å². The Kier molecular flexibility index (Phi) is 24.8. The SMILES string of the molecule is C=NCCOCCOCC(=O)N(C)[C@H](C(=O)N[C@H](C(=O)N(C)[C@@H](C(C)CC)[C@@H](CC(=O)N1CCC[C@H]1[C@H](OC)[C@@H](C)C(=O)NC(Cc1ccccc1)C(=O)OC)OC)C(C)C)C(C)C. The summed E-state index contributed by atoms with van der Waals surface area (Å²) in [4.78, 5) is 90.9. The monoisotopic (exact) mass is 903 g/mol. The molecule has 2 unspecified atom stereocenters. The molecule has 9 atom stereocenters. The lowest BCUT2D eigenvalue weighted by Gasteiger charge is -2.41. The van der Waals surface area contributed by atoms with Gasteiger partial charge in [0.1, 0.15) is 24.7 Å². The van der Waals surface area contributed by atoms with Crippen molar-refractivity contribution < 1.29 is 52.5 Å². The summed E-state index contributed by atoms with van der Waals surface area (Å²) in [7, 11) is 7.52. The molecular weight excluding hydrogens is 825 g/mol. The molecule has 0 saturated carbocycles. The zero-order valence-electron chi connectivity index (χ0n) is 40.5. The molecule has 0 aliphatic carbocycles. The predicted octanol–water partition coefficient (Wildman–Crippen LogP) is 3.16. The highest BCUT2D eigenvalue weighted by Crippen LogP contribution is 2.30. The zero-order chi connectivity index (χ0) is 48.1. The Hall–Kier alpha value is -4.45. The maximum atomic E-state index is 14.5. The fourth-order valence-electron chi connectivity index (χ4n) is 8.46. The van der Waals surface area contributed by atoms with Gasteiger partial charge in [0.05, 0.1) is 70.1 Å². The van der Waals surface area contributed by atoms with Crippen LogP contribution in [0, 0.1) is 23.7 Å². The Morgan fingerprint density at radius 2 is 1.52 bits per heavy atom. The second-order valence-electron chi connectivity index (χ2n) is 17.4. The third-order valence-electron chi connectivity index (χ3n) is 12.3. The predicted molar refractivity (Wildman–Crippen MR) is 244 cm³/mol. The van der Waals surface area contributed by atoms with Gasteiger partial charge in [0, 0.05) is 41.3 Å². The topological polar surface area (TPSA) is 195 Å². The van der Waals surface area contributed by atoms with Crippen molar-refractivity contribution in [2.75, 3.05) is 74.9 Å². The van der Waals surface area contributed by atoms with Gasteiger partial charge in [-0.25, -0.2) is 4.79 Å². The molecule has 5 amide bonds. The number of benzene rings is 1. The first-order valence-electron chi connectivity index (χ1n) is 22.6. The van der Waals surface area contributed by atoms with Crippen LogP contribution in [0.3, 0.4) is 0 Å². The summed E-state index contributed by atoms with van der Waals surface area (Å²) < 4.78 is 27.9. The van der Waals surface area contributed by atoms with E-state index in [4.69, 9.17) is 23.7 Å². The molecular formula is C47H78N6O11. The van der Waals surface area contributed by atoms with Crippen LogP contribution in [0.15, 0.2) is 35.3 Å². The molecule has 17 heteroatoms. The van der Waals surface area contributed by atoms with Crippen LogP contribution >= 0.6 is 0 Å². The molecule has 1 aliphatic heterocycles. The minimum absolute atomic E-state index is 0.0562. The van der Waals surface area contributed by atoms with Crippen LogP contribution in [0.25, 0.3) is 0 Å². The van der Waals surface area contributed by atoms with E-state index in [0.29, 0.717) is 39.0 Å². The van der Waals surface area contributed by atoms with Crippen LogP contribution in [-0.4, -0.2) is 174 Å². The Labute approximate surface area is 381 Å². The lowest BCUT2D eigenvalue weighted by atomic mass is 9.89. The van der Waals surface area contributed by atoms with E-state index in [1.807, 2.05) is 71.9 Å². The van der Waals surface area contributed by atoms with E-state index in [0.717, 1.165) is 5.56 Å². The van der Waals surface area contributed by atoms with Crippen LogP contribution in [0.4, 0.5) is 0 Å². The number of nitrogens with zero attached hydrogens (tertiary/aromatic N) is 4. The molecule has 2 N–H and O–H groups in total. The zero-order valence-corrected chi connectivity index (χ0v) is 40.5. The van der Waals surface area contributed by atoms with Crippen molar-refractivity contribution in [3.05, 3.63) is 35.9 Å².